The van der Waals surface area contributed by atoms with E-state index in [9.17, 15) is 4.79 Å². The molecule has 0 unspecified atom stereocenters. The molecule has 3 heterocycles. The molecule has 1 amide bonds. The quantitative estimate of drug-likeness (QED) is 0.742. The van der Waals surface area contributed by atoms with Crippen molar-refractivity contribution in [3.63, 3.8) is 0 Å². The fraction of sp³-hybridized carbons (Fsp3) is 0.250. The van der Waals surface area contributed by atoms with Gasteiger partial charge in [-0.3, -0.25) is 14.7 Å². The molecule has 1 saturated heterocycles. The number of nitrogens with one attached hydrogen (secondary N) is 1. The summed E-state index contributed by atoms with van der Waals surface area (Å²) in [7, 11) is 0. The van der Waals surface area contributed by atoms with Gasteiger partial charge in [-0.25, -0.2) is 4.98 Å². The van der Waals surface area contributed by atoms with E-state index in [1.54, 1.807) is 18.6 Å². The first-order valence-corrected chi connectivity index (χ1v) is 9.58. The van der Waals surface area contributed by atoms with Gasteiger partial charge in [0.2, 0.25) is 0 Å². The Bertz CT molecular complexity index is 870. The number of pyridine rings is 1. The van der Waals surface area contributed by atoms with Crippen molar-refractivity contribution >= 4 is 22.9 Å². The number of amides is 1. The van der Waals surface area contributed by atoms with Crippen LogP contribution in [0, 0.1) is 0 Å². The van der Waals surface area contributed by atoms with Gasteiger partial charge in [0.15, 0.2) is 0 Å². The molecule has 0 atom stereocenters. The van der Waals surface area contributed by atoms with E-state index in [0.717, 1.165) is 22.8 Å². The summed E-state index contributed by atoms with van der Waals surface area (Å²) < 4.78 is 0. The van der Waals surface area contributed by atoms with Crippen LogP contribution in [0.3, 0.4) is 0 Å². The van der Waals surface area contributed by atoms with Gasteiger partial charge in [0.1, 0.15) is 9.88 Å². The maximum absolute atomic E-state index is 12.5. The molecule has 0 radical (unpaired) electrons. The van der Waals surface area contributed by atoms with Crippen LogP contribution in [-0.4, -0.2) is 33.9 Å². The van der Waals surface area contributed by atoms with Gasteiger partial charge >= 0.3 is 0 Å². The molecule has 132 valence electrons. The van der Waals surface area contributed by atoms with E-state index in [-0.39, 0.29) is 5.91 Å². The number of benzene rings is 1. The second kappa shape index (κ2) is 7.76. The highest BCUT2D eigenvalue weighted by atomic mass is 32.1. The summed E-state index contributed by atoms with van der Waals surface area (Å²) in [5.41, 5.74) is 3.05. The Morgan fingerprint density at radius 3 is 2.54 bits per heavy atom. The number of aromatic nitrogens is 2. The first-order valence-electron chi connectivity index (χ1n) is 8.77. The second-order valence-corrected chi connectivity index (χ2v) is 7.43. The van der Waals surface area contributed by atoms with Gasteiger partial charge in [0, 0.05) is 30.2 Å². The topological polar surface area (TPSA) is 58.1 Å². The molecule has 0 spiro atoms. The lowest BCUT2D eigenvalue weighted by Gasteiger charge is -2.14. The fourth-order valence-corrected chi connectivity index (χ4v) is 3.91. The largest absolute Gasteiger partial charge is 0.321 e. The third-order valence-electron chi connectivity index (χ3n) is 4.47. The number of carbonyl (C=O) groups excluding carboxylic acids is 1. The van der Waals surface area contributed by atoms with Crippen LogP contribution in [0.25, 0.3) is 10.6 Å². The fourth-order valence-electron chi connectivity index (χ4n) is 3.09. The number of hydrogen-bond acceptors (Lipinski definition) is 5. The van der Waals surface area contributed by atoms with Gasteiger partial charge in [-0.05, 0) is 55.8 Å². The van der Waals surface area contributed by atoms with Crippen molar-refractivity contribution < 1.29 is 4.79 Å². The summed E-state index contributed by atoms with van der Waals surface area (Å²) >= 11 is 1.38. The van der Waals surface area contributed by atoms with Crippen LogP contribution < -0.4 is 5.32 Å². The average Bonchev–Trinajstić information content (AvgIpc) is 3.36. The minimum atomic E-state index is -0.130. The number of likely N-dealkylation sites (tertiary alicyclic amines) is 1. The Morgan fingerprint density at radius 2 is 1.81 bits per heavy atom. The van der Waals surface area contributed by atoms with Gasteiger partial charge < -0.3 is 5.32 Å². The van der Waals surface area contributed by atoms with Crippen molar-refractivity contribution in [3.8, 4) is 10.6 Å². The van der Waals surface area contributed by atoms with E-state index < -0.39 is 0 Å². The molecule has 0 bridgehead atoms. The third kappa shape index (κ3) is 3.98. The van der Waals surface area contributed by atoms with Crippen molar-refractivity contribution in [2.75, 3.05) is 18.4 Å². The Kier molecular flexibility index (Phi) is 5.04. The lowest BCUT2D eigenvalue weighted by atomic mass is 10.2. The van der Waals surface area contributed by atoms with Crippen molar-refractivity contribution in [2.24, 2.45) is 0 Å². The Balaban J connectivity index is 1.39. The zero-order valence-corrected chi connectivity index (χ0v) is 15.2. The molecule has 0 saturated carbocycles. The van der Waals surface area contributed by atoms with Crippen LogP contribution in [0.1, 0.15) is 28.1 Å². The van der Waals surface area contributed by atoms with Crippen molar-refractivity contribution in [1.29, 1.82) is 0 Å². The predicted molar refractivity (Wildman–Crippen MR) is 104 cm³/mol. The molecule has 1 aliphatic rings. The van der Waals surface area contributed by atoms with Gasteiger partial charge in [-0.1, -0.05) is 12.1 Å². The molecule has 5 nitrogen and oxygen atoms in total. The second-order valence-electron chi connectivity index (χ2n) is 6.40. The normalized spacial score (nSPS) is 14.5. The van der Waals surface area contributed by atoms with Gasteiger partial charge in [0.05, 0.1) is 6.20 Å². The van der Waals surface area contributed by atoms with Crippen molar-refractivity contribution in [1.82, 2.24) is 14.9 Å². The van der Waals surface area contributed by atoms with E-state index in [1.165, 1.54) is 42.8 Å². The first-order chi connectivity index (χ1) is 12.8. The monoisotopic (exact) mass is 364 g/mol. The standard InChI is InChI=1S/C20H20N4OS/c25-19(18-13-22-20(26-18)16-7-9-21-10-8-16)23-17-5-3-15(4-6-17)14-24-11-1-2-12-24/h3-10,13H,1-2,11-12,14H2,(H,23,25). The first kappa shape index (κ1) is 16.9. The molecule has 2 aromatic heterocycles. The number of anilines is 1. The van der Waals surface area contributed by atoms with Crippen LogP contribution in [0.5, 0.6) is 0 Å². The van der Waals surface area contributed by atoms with Gasteiger partial charge in [-0.15, -0.1) is 11.3 Å². The van der Waals surface area contributed by atoms with E-state index in [1.807, 2.05) is 24.3 Å². The number of carbonyl (C=O) groups is 1. The number of thiazole rings is 1. The molecule has 0 aliphatic carbocycles. The number of hydrogen-bond donors (Lipinski definition) is 1. The summed E-state index contributed by atoms with van der Waals surface area (Å²) in [6, 6.07) is 11.9. The molecule has 3 aromatic rings. The number of nitrogens with zero attached hydrogens (tertiary/aromatic N) is 3. The highest BCUT2D eigenvalue weighted by Crippen LogP contribution is 2.25. The third-order valence-corrected chi connectivity index (χ3v) is 5.52. The van der Waals surface area contributed by atoms with Crippen LogP contribution in [-0.2, 0) is 6.54 Å². The van der Waals surface area contributed by atoms with E-state index in [4.69, 9.17) is 0 Å². The summed E-state index contributed by atoms with van der Waals surface area (Å²) in [6.07, 6.45) is 7.66. The molecule has 1 aromatic carbocycles. The van der Waals surface area contributed by atoms with Crippen LogP contribution in [0.15, 0.2) is 55.0 Å². The molecular formula is C20H20N4OS. The van der Waals surface area contributed by atoms with Gasteiger partial charge in [-0.2, -0.15) is 0 Å². The highest BCUT2D eigenvalue weighted by Gasteiger charge is 2.13. The summed E-state index contributed by atoms with van der Waals surface area (Å²) in [5, 5.41) is 3.77. The van der Waals surface area contributed by atoms with Gasteiger partial charge in [0.25, 0.3) is 5.91 Å². The SMILES string of the molecule is O=C(Nc1ccc(CN2CCCC2)cc1)c1cnc(-c2ccncc2)s1. The Morgan fingerprint density at radius 1 is 1.08 bits per heavy atom. The van der Waals surface area contributed by atoms with Crippen LogP contribution in [0.4, 0.5) is 5.69 Å². The molecule has 1 fully saturated rings. The molecule has 4 rings (SSSR count). The van der Waals surface area contributed by atoms with Crippen LogP contribution in [0.2, 0.25) is 0 Å². The summed E-state index contributed by atoms with van der Waals surface area (Å²) in [6.45, 7) is 3.35. The highest BCUT2D eigenvalue weighted by molar-refractivity contribution is 7.17. The number of rotatable bonds is 5. The zero-order valence-electron chi connectivity index (χ0n) is 14.4. The molecule has 26 heavy (non-hydrogen) atoms. The van der Waals surface area contributed by atoms with E-state index >= 15 is 0 Å². The minimum Gasteiger partial charge on any atom is -0.321 e. The molecule has 1 N–H and O–H groups in total. The molecular weight excluding hydrogens is 344 g/mol. The average molecular weight is 364 g/mol. The summed E-state index contributed by atoms with van der Waals surface area (Å²) in [4.78, 5) is 23.9. The van der Waals surface area contributed by atoms with Crippen molar-refractivity contribution in [3.05, 3.63) is 65.4 Å². The maximum atomic E-state index is 12.5. The smallest absolute Gasteiger partial charge is 0.267 e. The summed E-state index contributed by atoms with van der Waals surface area (Å²) in [5.74, 6) is -0.130. The lowest BCUT2D eigenvalue weighted by Crippen LogP contribution is -2.18. The Labute approximate surface area is 156 Å². The van der Waals surface area contributed by atoms with E-state index in [0.29, 0.717) is 4.88 Å². The Hall–Kier alpha value is -2.57. The van der Waals surface area contributed by atoms with E-state index in [2.05, 4.69) is 32.3 Å². The predicted octanol–water partition coefficient (Wildman–Crippen LogP) is 4.05. The maximum Gasteiger partial charge on any atom is 0.267 e. The van der Waals surface area contributed by atoms with Crippen LogP contribution >= 0.6 is 11.3 Å². The minimum absolute atomic E-state index is 0.130. The van der Waals surface area contributed by atoms with Crippen molar-refractivity contribution in [2.45, 2.75) is 19.4 Å². The molecule has 6 heteroatoms. The lowest BCUT2D eigenvalue weighted by molar-refractivity contribution is 0.103. The zero-order chi connectivity index (χ0) is 17.8. The molecule has 1 aliphatic heterocycles.